The average Bonchev–Trinajstić information content (AvgIpc) is 3.60. The van der Waals surface area contributed by atoms with Crippen molar-refractivity contribution in [2.24, 2.45) is 5.10 Å². The quantitative estimate of drug-likeness (QED) is 0.188. The number of rotatable bonds is 10. The normalized spacial score (nSPS) is 11.1. The first-order chi connectivity index (χ1) is 19.5. The van der Waals surface area contributed by atoms with Gasteiger partial charge in [0, 0.05) is 10.6 Å². The maximum absolute atomic E-state index is 13.3. The van der Waals surface area contributed by atoms with Crippen LogP contribution in [0.25, 0.3) is 17.1 Å². The highest BCUT2D eigenvalue weighted by atomic mass is 35.5. The van der Waals surface area contributed by atoms with Gasteiger partial charge in [-0.05, 0) is 58.7 Å². The molecular weight excluding hydrogens is 536 g/mol. The van der Waals surface area contributed by atoms with Crippen molar-refractivity contribution >= 4 is 29.5 Å². The van der Waals surface area contributed by atoms with Crippen molar-refractivity contribution in [3.05, 3.63) is 94.6 Å². The number of anilines is 1. The molecule has 0 atom stereocenters. The van der Waals surface area contributed by atoms with Gasteiger partial charge in [-0.3, -0.25) is 4.79 Å². The van der Waals surface area contributed by atoms with Gasteiger partial charge in [0.25, 0.3) is 5.91 Å². The van der Waals surface area contributed by atoms with E-state index in [0.717, 1.165) is 10.2 Å². The van der Waals surface area contributed by atoms with Gasteiger partial charge in [0.05, 0.1) is 12.8 Å². The molecule has 202 valence electrons. The van der Waals surface area contributed by atoms with E-state index in [1.54, 1.807) is 42.5 Å². The lowest BCUT2D eigenvalue weighted by molar-refractivity contribution is 0.0947. The fraction of sp³-hybridized carbons (Fsp3) is 0.111. The number of carbonyl (C=O) groups excluding carboxylic acids is 1. The predicted molar refractivity (Wildman–Crippen MR) is 148 cm³/mol. The Morgan fingerprint density at radius 1 is 1.07 bits per heavy atom. The first-order valence-electron chi connectivity index (χ1n) is 12.1. The number of benzene rings is 3. The molecule has 13 heteroatoms. The van der Waals surface area contributed by atoms with Gasteiger partial charge < -0.3 is 15.2 Å². The summed E-state index contributed by atoms with van der Waals surface area (Å²) >= 11 is 5.96. The zero-order chi connectivity index (χ0) is 27.9. The summed E-state index contributed by atoms with van der Waals surface area (Å²) in [7, 11) is 0. The average molecular weight is 559 g/mol. The van der Waals surface area contributed by atoms with Gasteiger partial charge >= 0.3 is 0 Å². The molecule has 3 N–H and O–H groups in total. The van der Waals surface area contributed by atoms with E-state index in [-0.39, 0.29) is 17.3 Å². The number of nitrogen functional groups attached to an aromatic ring is 1. The number of hydrazone groups is 1. The molecule has 0 radical (unpaired) electrons. The maximum atomic E-state index is 13.3. The number of hydrogen-bond donors (Lipinski definition) is 2. The summed E-state index contributed by atoms with van der Waals surface area (Å²) in [6, 6.07) is 21.8. The van der Waals surface area contributed by atoms with E-state index in [0.29, 0.717) is 46.6 Å². The summed E-state index contributed by atoms with van der Waals surface area (Å²) in [5, 5.41) is 20.3. The molecule has 0 saturated carbocycles. The lowest BCUT2D eigenvalue weighted by atomic mass is 10.1. The van der Waals surface area contributed by atoms with Crippen molar-refractivity contribution in [2.45, 2.75) is 13.5 Å². The molecule has 0 unspecified atom stereocenters. The molecule has 0 fully saturated rings. The standard InChI is InChI=1S/C27H23ClN8O4/c1-2-38-22-14-18(10-13-21(22)39-16-17-8-11-20(28)12-9-17)15-30-32-27(37)24-23(19-6-4-3-5-7-19)31-35-36(24)26-25(29)33-40-34-26/h3-15H,2,16H2,1H3,(H2,29,33)(H,32,37)/b30-15-. The fourth-order valence-corrected chi connectivity index (χ4v) is 3.84. The van der Waals surface area contributed by atoms with Crippen LogP contribution in [0.5, 0.6) is 11.5 Å². The van der Waals surface area contributed by atoms with Crippen LogP contribution < -0.4 is 20.6 Å². The zero-order valence-corrected chi connectivity index (χ0v) is 21.9. The third-order valence-corrected chi connectivity index (χ3v) is 5.84. The molecule has 5 rings (SSSR count). The Bertz CT molecular complexity index is 1630. The lowest BCUT2D eigenvalue weighted by Gasteiger charge is -2.12. The van der Waals surface area contributed by atoms with E-state index in [9.17, 15) is 4.79 Å². The van der Waals surface area contributed by atoms with Gasteiger partial charge in [-0.2, -0.15) is 9.78 Å². The van der Waals surface area contributed by atoms with E-state index in [1.807, 2.05) is 37.3 Å². The highest BCUT2D eigenvalue weighted by molar-refractivity contribution is 6.30. The second-order valence-corrected chi connectivity index (χ2v) is 8.73. The van der Waals surface area contributed by atoms with Crippen molar-refractivity contribution in [3.8, 4) is 28.6 Å². The summed E-state index contributed by atoms with van der Waals surface area (Å²) < 4.78 is 17.5. The third-order valence-electron chi connectivity index (χ3n) is 5.58. The topological polar surface area (TPSA) is 156 Å². The van der Waals surface area contributed by atoms with Crippen molar-refractivity contribution in [1.29, 1.82) is 0 Å². The Balaban J connectivity index is 1.35. The molecule has 0 aliphatic heterocycles. The van der Waals surface area contributed by atoms with Crippen molar-refractivity contribution in [1.82, 2.24) is 30.7 Å². The minimum atomic E-state index is -0.601. The summed E-state index contributed by atoms with van der Waals surface area (Å²) in [6.07, 6.45) is 1.48. The molecule has 5 aromatic rings. The first-order valence-corrected chi connectivity index (χ1v) is 12.5. The van der Waals surface area contributed by atoms with Crippen LogP contribution in [0.15, 0.2) is 82.5 Å². The second kappa shape index (κ2) is 12.1. The van der Waals surface area contributed by atoms with Crippen LogP contribution in [0.1, 0.15) is 28.5 Å². The van der Waals surface area contributed by atoms with Crippen molar-refractivity contribution < 1.29 is 18.9 Å². The van der Waals surface area contributed by atoms with Gasteiger partial charge in [-0.25, -0.2) is 10.1 Å². The minimum Gasteiger partial charge on any atom is -0.490 e. The second-order valence-electron chi connectivity index (χ2n) is 8.29. The molecular formula is C27H23ClN8O4. The van der Waals surface area contributed by atoms with Crippen LogP contribution in [0, 0.1) is 0 Å². The molecule has 0 bridgehead atoms. The number of amides is 1. The number of hydrogen-bond acceptors (Lipinski definition) is 10. The van der Waals surface area contributed by atoms with E-state index < -0.39 is 5.91 Å². The largest absolute Gasteiger partial charge is 0.490 e. The number of ether oxygens (including phenoxy) is 2. The van der Waals surface area contributed by atoms with Crippen molar-refractivity contribution in [2.75, 3.05) is 12.3 Å². The van der Waals surface area contributed by atoms with Gasteiger partial charge in [0.1, 0.15) is 12.3 Å². The molecule has 2 heterocycles. The maximum Gasteiger partial charge on any atom is 0.292 e. The highest BCUT2D eigenvalue weighted by Gasteiger charge is 2.25. The van der Waals surface area contributed by atoms with Crippen LogP contribution in [-0.4, -0.2) is 44.0 Å². The number of halogens is 1. The van der Waals surface area contributed by atoms with E-state index in [1.165, 1.54) is 6.21 Å². The van der Waals surface area contributed by atoms with Crippen LogP contribution in [0.3, 0.4) is 0 Å². The first kappa shape index (κ1) is 26.4. The lowest BCUT2D eigenvalue weighted by Crippen LogP contribution is -2.22. The Labute approximate surface area is 233 Å². The van der Waals surface area contributed by atoms with Gasteiger partial charge in [-0.1, -0.05) is 59.3 Å². The highest BCUT2D eigenvalue weighted by Crippen LogP contribution is 2.29. The Hall–Kier alpha value is -5.23. The summed E-state index contributed by atoms with van der Waals surface area (Å²) in [6.45, 7) is 2.66. The molecule has 0 spiro atoms. The Morgan fingerprint density at radius 2 is 1.88 bits per heavy atom. The Kier molecular flexibility index (Phi) is 7.97. The van der Waals surface area contributed by atoms with E-state index in [4.69, 9.17) is 26.8 Å². The van der Waals surface area contributed by atoms with Crippen LogP contribution >= 0.6 is 11.6 Å². The summed E-state index contributed by atoms with van der Waals surface area (Å²) in [5.74, 6) is 0.479. The third kappa shape index (κ3) is 5.92. The van der Waals surface area contributed by atoms with Gasteiger partial charge in [-0.15, -0.1) is 5.10 Å². The number of nitrogens with zero attached hydrogens (tertiary/aromatic N) is 6. The molecule has 1 amide bonds. The number of carbonyl (C=O) groups is 1. The smallest absolute Gasteiger partial charge is 0.292 e. The fourth-order valence-electron chi connectivity index (χ4n) is 3.71. The van der Waals surface area contributed by atoms with Crippen LogP contribution in [0.2, 0.25) is 5.02 Å². The monoisotopic (exact) mass is 558 g/mol. The molecule has 0 aliphatic carbocycles. The van der Waals surface area contributed by atoms with Gasteiger partial charge in [0.2, 0.25) is 11.6 Å². The molecule has 40 heavy (non-hydrogen) atoms. The van der Waals surface area contributed by atoms with E-state index >= 15 is 0 Å². The Morgan fingerprint density at radius 3 is 2.60 bits per heavy atom. The van der Waals surface area contributed by atoms with Crippen LogP contribution in [-0.2, 0) is 6.61 Å². The SMILES string of the molecule is CCOc1cc(/C=N\NC(=O)c2c(-c3ccccc3)nnn2-c2nonc2N)ccc1OCc1ccc(Cl)cc1. The zero-order valence-electron chi connectivity index (χ0n) is 21.2. The number of aromatic nitrogens is 5. The molecule has 2 aromatic heterocycles. The molecule has 0 aliphatic rings. The molecule has 12 nitrogen and oxygen atoms in total. The number of nitrogens with two attached hydrogens (primary N) is 1. The molecule has 3 aromatic carbocycles. The van der Waals surface area contributed by atoms with Gasteiger partial charge in [0.15, 0.2) is 17.2 Å². The van der Waals surface area contributed by atoms with Crippen LogP contribution in [0.4, 0.5) is 5.82 Å². The van der Waals surface area contributed by atoms with Crippen molar-refractivity contribution in [3.63, 3.8) is 0 Å². The number of nitrogens with one attached hydrogen (secondary N) is 1. The molecule has 0 saturated heterocycles. The minimum absolute atomic E-state index is 0.0272. The summed E-state index contributed by atoms with van der Waals surface area (Å²) in [5.41, 5.74) is 11.0. The summed E-state index contributed by atoms with van der Waals surface area (Å²) in [4.78, 5) is 13.3. The van der Waals surface area contributed by atoms with E-state index in [2.05, 4.69) is 35.8 Å². The predicted octanol–water partition coefficient (Wildman–Crippen LogP) is 4.29.